The zero-order chi connectivity index (χ0) is 21.5. The van der Waals surface area contributed by atoms with Gasteiger partial charge < -0.3 is 14.4 Å². The summed E-state index contributed by atoms with van der Waals surface area (Å²) in [4.78, 5) is 6.37. The van der Waals surface area contributed by atoms with Crippen molar-refractivity contribution >= 4 is 28.4 Å². The lowest BCUT2D eigenvalue weighted by atomic mass is 10.1. The van der Waals surface area contributed by atoms with Crippen molar-refractivity contribution < 1.29 is 4.74 Å². The van der Waals surface area contributed by atoms with Gasteiger partial charge in [-0.15, -0.1) is 0 Å². The van der Waals surface area contributed by atoms with E-state index >= 15 is 0 Å². The Hall–Kier alpha value is -2.21. The minimum absolute atomic E-state index is 0.877. The Morgan fingerprint density at radius 3 is 2.55 bits per heavy atom. The smallest absolute Gasteiger partial charge is 0.142 e. The van der Waals surface area contributed by atoms with Crippen molar-refractivity contribution in [2.24, 2.45) is 0 Å². The second kappa shape index (κ2) is 10.9. The summed E-state index contributed by atoms with van der Waals surface area (Å²) in [6.07, 6.45) is 2.49. The van der Waals surface area contributed by atoms with Gasteiger partial charge in [0.25, 0.3) is 0 Å². The zero-order valence-corrected chi connectivity index (χ0v) is 19.5. The highest BCUT2D eigenvalue weighted by Gasteiger charge is 2.15. The van der Waals surface area contributed by atoms with Crippen molar-refractivity contribution in [3.05, 3.63) is 66.2 Å². The third kappa shape index (κ3) is 5.94. The average molecular weight is 436 g/mol. The third-order valence-electron chi connectivity index (χ3n) is 5.89. The van der Waals surface area contributed by atoms with Crippen molar-refractivity contribution in [1.82, 2.24) is 9.80 Å². The molecule has 3 aromatic carbocycles. The molecule has 164 valence electrons. The van der Waals surface area contributed by atoms with Crippen molar-refractivity contribution in [2.45, 2.75) is 31.2 Å². The molecule has 0 bridgehead atoms. The molecule has 4 nitrogen and oxygen atoms in total. The van der Waals surface area contributed by atoms with E-state index in [0.29, 0.717) is 0 Å². The number of fused-ring (bicyclic) bond motifs is 1. The summed E-state index contributed by atoms with van der Waals surface area (Å²) < 4.78 is 9.14. The molecule has 0 radical (unpaired) electrons. The minimum atomic E-state index is 0.877. The summed E-state index contributed by atoms with van der Waals surface area (Å²) in [6, 6.07) is 21.5. The third-order valence-corrected chi connectivity index (χ3v) is 6.70. The molecule has 0 amide bonds. The molecule has 0 atom stereocenters. The molecule has 0 spiro atoms. The van der Waals surface area contributed by atoms with Crippen molar-refractivity contribution in [2.75, 3.05) is 44.6 Å². The Morgan fingerprint density at radius 1 is 0.903 bits per heavy atom. The zero-order valence-electron chi connectivity index (χ0n) is 18.6. The molecule has 1 heterocycles. The highest BCUT2D eigenvalue weighted by Crippen LogP contribution is 2.32. The largest absolute Gasteiger partial charge is 0.495 e. The van der Waals surface area contributed by atoms with Crippen LogP contribution >= 0.6 is 11.9 Å². The second-order valence-corrected chi connectivity index (χ2v) is 9.10. The number of nitrogens with zero attached hydrogens (tertiary/aromatic N) is 2. The number of rotatable bonds is 8. The maximum atomic E-state index is 5.61. The Kier molecular flexibility index (Phi) is 7.73. The van der Waals surface area contributed by atoms with Crippen molar-refractivity contribution in [3.8, 4) is 5.75 Å². The molecule has 0 aliphatic carbocycles. The Bertz CT molecular complexity index is 993. The number of benzene rings is 3. The van der Waals surface area contributed by atoms with Gasteiger partial charge in [0.15, 0.2) is 0 Å². The second-order valence-electron chi connectivity index (χ2n) is 8.22. The van der Waals surface area contributed by atoms with Gasteiger partial charge in [-0.2, -0.15) is 0 Å². The van der Waals surface area contributed by atoms with E-state index in [0.717, 1.165) is 24.5 Å². The van der Waals surface area contributed by atoms with Crippen LogP contribution in [0.15, 0.2) is 65.6 Å². The first kappa shape index (κ1) is 22.0. The van der Waals surface area contributed by atoms with Crippen LogP contribution in [0.3, 0.4) is 0 Å². The number of ether oxygens (including phenoxy) is 1. The van der Waals surface area contributed by atoms with E-state index in [9.17, 15) is 0 Å². The fourth-order valence-electron chi connectivity index (χ4n) is 4.26. The molecule has 31 heavy (non-hydrogen) atoms. The van der Waals surface area contributed by atoms with Crippen LogP contribution in [0.4, 0.5) is 5.69 Å². The van der Waals surface area contributed by atoms with Gasteiger partial charge in [0.2, 0.25) is 0 Å². The molecular weight excluding hydrogens is 402 g/mol. The topological polar surface area (TPSA) is 27.7 Å². The molecule has 0 saturated carbocycles. The Labute approximate surface area is 190 Å². The molecule has 1 N–H and O–H groups in total. The summed E-state index contributed by atoms with van der Waals surface area (Å²) >= 11 is 1.63. The number of hydrogen-bond donors (Lipinski definition) is 1. The van der Waals surface area contributed by atoms with Gasteiger partial charge in [-0.05, 0) is 85.0 Å². The predicted molar refractivity (Wildman–Crippen MR) is 133 cm³/mol. The van der Waals surface area contributed by atoms with Crippen LogP contribution in [0.2, 0.25) is 0 Å². The molecule has 3 aromatic rings. The standard InChI is InChI=1S/C26H33N3OS/c1-3-13-28-14-6-15-29(17-16-28)20-21-9-12-26(30-2)25(18-21)27-31-24-11-10-22-7-4-5-8-23(22)19-24/h4-5,7-12,18-19,27H,3,6,13-17,20H2,1-2H3. The highest BCUT2D eigenvalue weighted by molar-refractivity contribution is 8.00. The SMILES string of the molecule is CCCN1CCCN(Cc2ccc(OC)c(NSc3ccc4ccccc4c3)c2)CC1. The van der Waals surface area contributed by atoms with E-state index in [1.54, 1.807) is 19.1 Å². The van der Waals surface area contributed by atoms with Crippen LogP contribution in [0.5, 0.6) is 5.75 Å². The quantitative estimate of drug-likeness (QED) is 0.446. The molecule has 0 unspecified atom stereocenters. The maximum absolute atomic E-state index is 5.61. The molecule has 1 aliphatic heterocycles. The van der Waals surface area contributed by atoms with Gasteiger partial charge in [0, 0.05) is 24.5 Å². The monoisotopic (exact) mass is 435 g/mol. The highest BCUT2D eigenvalue weighted by atomic mass is 32.2. The van der Waals surface area contributed by atoms with Gasteiger partial charge in [0.05, 0.1) is 12.8 Å². The van der Waals surface area contributed by atoms with Gasteiger partial charge in [-0.1, -0.05) is 43.3 Å². The minimum Gasteiger partial charge on any atom is -0.495 e. The molecule has 1 saturated heterocycles. The van der Waals surface area contributed by atoms with Crippen LogP contribution in [0.1, 0.15) is 25.3 Å². The number of hydrogen-bond acceptors (Lipinski definition) is 5. The van der Waals surface area contributed by atoms with E-state index in [2.05, 4.69) is 82.1 Å². The van der Waals surface area contributed by atoms with Gasteiger partial charge in [-0.25, -0.2) is 0 Å². The summed E-state index contributed by atoms with van der Waals surface area (Å²) in [5, 5.41) is 2.52. The summed E-state index contributed by atoms with van der Waals surface area (Å²) in [6.45, 7) is 9.18. The summed E-state index contributed by atoms with van der Waals surface area (Å²) in [5.41, 5.74) is 2.35. The molecule has 1 aliphatic rings. The van der Waals surface area contributed by atoms with Gasteiger partial charge in [-0.3, -0.25) is 4.90 Å². The Morgan fingerprint density at radius 2 is 1.71 bits per heavy atom. The first-order chi connectivity index (χ1) is 15.2. The lowest BCUT2D eigenvalue weighted by molar-refractivity contribution is 0.252. The van der Waals surface area contributed by atoms with E-state index < -0.39 is 0 Å². The molecule has 0 aromatic heterocycles. The molecule has 1 fully saturated rings. The summed E-state index contributed by atoms with van der Waals surface area (Å²) in [5.74, 6) is 0.877. The molecular formula is C26H33N3OS. The summed E-state index contributed by atoms with van der Waals surface area (Å²) in [7, 11) is 1.73. The van der Waals surface area contributed by atoms with Crippen LogP contribution in [0, 0.1) is 0 Å². The lowest BCUT2D eigenvalue weighted by Crippen LogP contribution is -2.31. The van der Waals surface area contributed by atoms with E-state index in [1.165, 1.54) is 60.3 Å². The fraction of sp³-hybridized carbons (Fsp3) is 0.385. The Balaban J connectivity index is 1.42. The van der Waals surface area contributed by atoms with Crippen LogP contribution in [-0.4, -0.2) is 49.6 Å². The van der Waals surface area contributed by atoms with Crippen LogP contribution in [0.25, 0.3) is 10.8 Å². The van der Waals surface area contributed by atoms with Gasteiger partial charge in [0.1, 0.15) is 5.75 Å². The van der Waals surface area contributed by atoms with Gasteiger partial charge >= 0.3 is 0 Å². The van der Waals surface area contributed by atoms with Crippen molar-refractivity contribution in [1.29, 1.82) is 0 Å². The first-order valence-electron chi connectivity index (χ1n) is 11.3. The predicted octanol–water partition coefficient (Wildman–Crippen LogP) is 5.89. The average Bonchev–Trinajstić information content (AvgIpc) is 3.03. The number of methoxy groups -OCH3 is 1. The van der Waals surface area contributed by atoms with E-state index in [4.69, 9.17) is 4.74 Å². The van der Waals surface area contributed by atoms with Crippen LogP contribution in [-0.2, 0) is 6.54 Å². The first-order valence-corrected chi connectivity index (χ1v) is 12.1. The normalized spacial score (nSPS) is 15.7. The number of anilines is 1. The molecule has 5 heteroatoms. The van der Waals surface area contributed by atoms with E-state index in [1.807, 2.05) is 0 Å². The van der Waals surface area contributed by atoms with E-state index in [-0.39, 0.29) is 0 Å². The fourth-order valence-corrected chi connectivity index (χ4v) is 4.97. The number of nitrogens with one attached hydrogen (secondary N) is 1. The van der Waals surface area contributed by atoms with Crippen LogP contribution < -0.4 is 9.46 Å². The maximum Gasteiger partial charge on any atom is 0.142 e. The molecule has 4 rings (SSSR count). The van der Waals surface area contributed by atoms with Crippen molar-refractivity contribution in [3.63, 3.8) is 0 Å². The lowest BCUT2D eigenvalue weighted by Gasteiger charge is -2.22.